The molecular formula is C14H14N6OS2. The van der Waals surface area contributed by atoms with Crippen molar-refractivity contribution in [1.29, 1.82) is 0 Å². The fraction of sp³-hybridized carbons (Fsp3) is 0.214. The second-order valence-electron chi connectivity index (χ2n) is 4.74. The molecule has 0 bridgehead atoms. The van der Waals surface area contributed by atoms with E-state index in [0.29, 0.717) is 10.3 Å². The van der Waals surface area contributed by atoms with Crippen LogP contribution in [0.5, 0.6) is 0 Å². The van der Waals surface area contributed by atoms with Crippen LogP contribution in [0.25, 0.3) is 11.4 Å². The van der Waals surface area contributed by atoms with Crippen LogP contribution < -0.4 is 5.32 Å². The molecule has 23 heavy (non-hydrogen) atoms. The quantitative estimate of drug-likeness (QED) is 0.714. The number of carbonyl (C=O) groups is 1. The van der Waals surface area contributed by atoms with E-state index >= 15 is 0 Å². The molecule has 0 unspecified atom stereocenters. The van der Waals surface area contributed by atoms with E-state index in [1.807, 2.05) is 36.1 Å². The van der Waals surface area contributed by atoms with Gasteiger partial charge in [-0.3, -0.25) is 9.78 Å². The van der Waals surface area contributed by atoms with E-state index in [-0.39, 0.29) is 11.7 Å². The fourth-order valence-corrected chi connectivity index (χ4v) is 3.30. The molecule has 0 radical (unpaired) electrons. The van der Waals surface area contributed by atoms with Gasteiger partial charge in [0.05, 0.1) is 11.4 Å². The van der Waals surface area contributed by atoms with E-state index in [9.17, 15) is 4.79 Å². The number of thiazole rings is 1. The van der Waals surface area contributed by atoms with E-state index in [4.69, 9.17) is 0 Å². The van der Waals surface area contributed by atoms with E-state index in [1.54, 1.807) is 12.4 Å². The molecule has 3 aromatic heterocycles. The number of nitrogens with one attached hydrogen (secondary N) is 1. The summed E-state index contributed by atoms with van der Waals surface area (Å²) in [6.45, 7) is 1.89. The molecule has 0 atom stereocenters. The van der Waals surface area contributed by atoms with Gasteiger partial charge in [-0.2, -0.15) is 0 Å². The third-order valence-corrected chi connectivity index (χ3v) is 4.85. The molecule has 0 saturated carbocycles. The summed E-state index contributed by atoms with van der Waals surface area (Å²) in [5, 5.41) is 14.2. The lowest BCUT2D eigenvalue weighted by Crippen LogP contribution is -2.14. The number of carbonyl (C=O) groups excluding carboxylic acids is 1. The summed E-state index contributed by atoms with van der Waals surface area (Å²) < 4.78 is 1.85. The van der Waals surface area contributed by atoms with Crippen LogP contribution in [-0.2, 0) is 11.8 Å². The minimum atomic E-state index is -0.115. The highest BCUT2D eigenvalue weighted by Gasteiger charge is 2.13. The van der Waals surface area contributed by atoms with Crippen molar-refractivity contribution >= 4 is 34.1 Å². The Morgan fingerprint density at radius 3 is 3.00 bits per heavy atom. The number of rotatable bonds is 5. The van der Waals surface area contributed by atoms with Gasteiger partial charge in [-0.1, -0.05) is 11.8 Å². The number of nitrogens with zero attached hydrogens (tertiary/aromatic N) is 5. The second kappa shape index (κ2) is 6.88. The van der Waals surface area contributed by atoms with Crippen molar-refractivity contribution in [2.75, 3.05) is 11.1 Å². The average Bonchev–Trinajstić information content (AvgIpc) is 3.12. The third-order valence-electron chi connectivity index (χ3n) is 2.95. The number of hydrogen-bond acceptors (Lipinski definition) is 7. The average molecular weight is 346 g/mol. The van der Waals surface area contributed by atoms with Crippen molar-refractivity contribution in [2.24, 2.45) is 7.05 Å². The summed E-state index contributed by atoms with van der Waals surface area (Å²) in [5.41, 5.74) is 1.78. The molecule has 118 valence electrons. The van der Waals surface area contributed by atoms with Gasteiger partial charge in [0.2, 0.25) is 5.91 Å². The predicted molar refractivity (Wildman–Crippen MR) is 90.4 cm³/mol. The first-order valence-corrected chi connectivity index (χ1v) is 8.64. The Hall–Kier alpha value is -2.26. The SMILES string of the molecule is Cc1csc(NC(=O)CSc2nnc(-c3cccnc3)n2C)n1. The van der Waals surface area contributed by atoms with Gasteiger partial charge < -0.3 is 9.88 Å². The van der Waals surface area contributed by atoms with Crippen LogP contribution in [0.3, 0.4) is 0 Å². The molecule has 7 nitrogen and oxygen atoms in total. The Bertz CT molecular complexity index is 814. The minimum Gasteiger partial charge on any atom is -0.305 e. The first kappa shape index (κ1) is 15.6. The van der Waals surface area contributed by atoms with Gasteiger partial charge in [-0.15, -0.1) is 21.5 Å². The zero-order valence-electron chi connectivity index (χ0n) is 12.6. The van der Waals surface area contributed by atoms with E-state index in [0.717, 1.165) is 17.1 Å². The molecule has 0 aromatic carbocycles. The molecule has 3 rings (SSSR count). The Labute approximate surface area is 141 Å². The lowest BCUT2D eigenvalue weighted by Gasteiger charge is -2.03. The summed E-state index contributed by atoms with van der Waals surface area (Å²) in [6.07, 6.45) is 3.44. The summed E-state index contributed by atoms with van der Waals surface area (Å²) in [4.78, 5) is 20.2. The maximum atomic E-state index is 12.0. The fourth-order valence-electron chi connectivity index (χ4n) is 1.88. The highest BCUT2D eigenvalue weighted by atomic mass is 32.2. The number of aromatic nitrogens is 5. The first-order chi connectivity index (χ1) is 11.1. The number of pyridine rings is 1. The van der Waals surface area contributed by atoms with E-state index in [1.165, 1.54) is 23.1 Å². The Kier molecular flexibility index (Phi) is 4.68. The first-order valence-electron chi connectivity index (χ1n) is 6.78. The van der Waals surface area contributed by atoms with Gasteiger partial charge in [0, 0.05) is 30.4 Å². The highest BCUT2D eigenvalue weighted by molar-refractivity contribution is 7.99. The molecule has 0 aliphatic rings. The molecule has 0 fully saturated rings. The van der Waals surface area contributed by atoms with Crippen LogP contribution in [0.15, 0.2) is 35.1 Å². The summed E-state index contributed by atoms with van der Waals surface area (Å²) >= 11 is 2.74. The van der Waals surface area contributed by atoms with Crippen molar-refractivity contribution in [3.8, 4) is 11.4 Å². The molecule has 0 saturated heterocycles. The molecule has 0 aliphatic carbocycles. The smallest absolute Gasteiger partial charge is 0.236 e. The molecule has 3 aromatic rings. The van der Waals surface area contributed by atoms with Crippen LogP contribution in [0.2, 0.25) is 0 Å². The number of hydrogen-bond donors (Lipinski definition) is 1. The summed E-state index contributed by atoms with van der Waals surface area (Å²) in [5.74, 6) is 0.851. The second-order valence-corrected chi connectivity index (χ2v) is 6.54. The van der Waals surface area contributed by atoms with Crippen molar-refractivity contribution < 1.29 is 4.79 Å². The van der Waals surface area contributed by atoms with E-state index < -0.39 is 0 Å². The van der Waals surface area contributed by atoms with Crippen LogP contribution >= 0.6 is 23.1 Å². The van der Waals surface area contributed by atoms with Crippen molar-refractivity contribution in [1.82, 2.24) is 24.7 Å². The normalized spacial score (nSPS) is 10.7. The monoisotopic (exact) mass is 346 g/mol. The topological polar surface area (TPSA) is 85.6 Å². The maximum absolute atomic E-state index is 12.0. The van der Waals surface area contributed by atoms with Crippen LogP contribution in [0, 0.1) is 6.92 Å². The van der Waals surface area contributed by atoms with Gasteiger partial charge in [0.15, 0.2) is 16.1 Å². The van der Waals surface area contributed by atoms with Gasteiger partial charge in [-0.05, 0) is 19.1 Å². The Balaban J connectivity index is 1.63. The standard InChI is InChI=1S/C14H14N6OS2/c1-9-7-22-13(16-9)17-11(21)8-23-14-19-18-12(20(14)2)10-4-3-5-15-6-10/h3-7H,8H2,1-2H3,(H,16,17,21). The van der Waals surface area contributed by atoms with Crippen LogP contribution in [0.1, 0.15) is 5.69 Å². The number of thioether (sulfide) groups is 1. The summed E-state index contributed by atoms with van der Waals surface area (Å²) in [7, 11) is 1.87. The lowest BCUT2D eigenvalue weighted by atomic mass is 10.3. The molecule has 9 heteroatoms. The van der Waals surface area contributed by atoms with Gasteiger partial charge in [0.25, 0.3) is 0 Å². The van der Waals surface area contributed by atoms with Crippen molar-refractivity contribution in [3.05, 3.63) is 35.6 Å². The molecule has 0 spiro atoms. The molecule has 3 heterocycles. The summed E-state index contributed by atoms with van der Waals surface area (Å²) in [6, 6.07) is 3.77. The number of amides is 1. The van der Waals surface area contributed by atoms with Crippen molar-refractivity contribution in [3.63, 3.8) is 0 Å². The molecule has 1 amide bonds. The maximum Gasteiger partial charge on any atom is 0.236 e. The molecule has 0 aliphatic heterocycles. The Morgan fingerprint density at radius 1 is 1.43 bits per heavy atom. The third kappa shape index (κ3) is 3.74. The zero-order chi connectivity index (χ0) is 16.2. The van der Waals surface area contributed by atoms with Gasteiger partial charge >= 0.3 is 0 Å². The number of anilines is 1. The van der Waals surface area contributed by atoms with Crippen LogP contribution in [-0.4, -0.2) is 36.4 Å². The zero-order valence-corrected chi connectivity index (χ0v) is 14.2. The predicted octanol–water partition coefficient (Wildman–Crippen LogP) is 2.37. The minimum absolute atomic E-state index is 0.115. The van der Waals surface area contributed by atoms with Crippen LogP contribution in [0.4, 0.5) is 5.13 Å². The van der Waals surface area contributed by atoms with Gasteiger partial charge in [-0.25, -0.2) is 4.98 Å². The Morgan fingerprint density at radius 2 is 2.30 bits per heavy atom. The molecule has 1 N–H and O–H groups in total. The highest BCUT2D eigenvalue weighted by Crippen LogP contribution is 2.22. The van der Waals surface area contributed by atoms with E-state index in [2.05, 4.69) is 25.5 Å². The largest absolute Gasteiger partial charge is 0.305 e. The lowest BCUT2D eigenvalue weighted by molar-refractivity contribution is -0.113. The van der Waals surface area contributed by atoms with Crippen molar-refractivity contribution in [2.45, 2.75) is 12.1 Å². The number of aryl methyl sites for hydroxylation is 1. The molecular weight excluding hydrogens is 332 g/mol. The van der Waals surface area contributed by atoms with Gasteiger partial charge in [0.1, 0.15) is 0 Å².